The molecule has 106 valence electrons. The van der Waals surface area contributed by atoms with Gasteiger partial charge in [-0.15, -0.1) is 0 Å². The number of aromatic nitrogens is 1. The first kappa shape index (κ1) is 13.4. The number of hydrogen-bond donors (Lipinski definition) is 0. The van der Waals surface area contributed by atoms with Gasteiger partial charge in [-0.25, -0.2) is 0 Å². The van der Waals surface area contributed by atoms with Crippen molar-refractivity contribution in [2.45, 2.75) is 58.4 Å². The van der Waals surface area contributed by atoms with Crippen molar-refractivity contribution in [1.29, 1.82) is 5.26 Å². The summed E-state index contributed by atoms with van der Waals surface area (Å²) < 4.78 is 0. The number of fused-ring (bicyclic) bond motifs is 1. The van der Waals surface area contributed by atoms with E-state index in [0.717, 1.165) is 35.1 Å². The van der Waals surface area contributed by atoms with Gasteiger partial charge in [0, 0.05) is 18.3 Å². The molecule has 2 atom stereocenters. The molecule has 1 aromatic rings. The Morgan fingerprint density at radius 3 is 2.75 bits per heavy atom. The third kappa shape index (κ3) is 2.28. The van der Waals surface area contributed by atoms with Gasteiger partial charge < -0.3 is 4.90 Å². The normalized spacial score (nSPS) is 25.9. The van der Waals surface area contributed by atoms with Crippen molar-refractivity contribution in [3.8, 4) is 6.07 Å². The molecule has 0 bridgehead atoms. The Balaban J connectivity index is 2.01. The molecule has 2 unspecified atom stereocenters. The highest BCUT2D eigenvalue weighted by Gasteiger charge is 2.34. The molecule has 0 N–H and O–H groups in total. The maximum Gasteiger partial charge on any atom is 0.103 e. The smallest absolute Gasteiger partial charge is 0.103 e. The fourth-order valence-corrected chi connectivity index (χ4v) is 4.10. The summed E-state index contributed by atoms with van der Waals surface area (Å²) in [6.45, 7) is 5.08. The van der Waals surface area contributed by atoms with Crippen LogP contribution in [0.5, 0.6) is 0 Å². The van der Waals surface area contributed by atoms with E-state index in [9.17, 15) is 5.26 Å². The predicted molar refractivity (Wildman–Crippen MR) is 80.8 cm³/mol. The molecule has 0 spiro atoms. The van der Waals surface area contributed by atoms with Gasteiger partial charge in [0.25, 0.3) is 0 Å². The number of nitriles is 1. The van der Waals surface area contributed by atoms with E-state index in [2.05, 4.69) is 22.0 Å². The molecule has 2 heterocycles. The van der Waals surface area contributed by atoms with Crippen molar-refractivity contribution in [3.63, 3.8) is 0 Å². The number of rotatable bonds is 1. The van der Waals surface area contributed by atoms with E-state index in [4.69, 9.17) is 0 Å². The van der Waals surface area contributed by atoms with E-state index in [-0.39, 0.29) is 0 Å². The summed E-state index contributed by atoms with van der Waals surface area (Å²) in [4.78, 5) is 6.98. The largest absolute Gasteiger partial charge is 0.367 e. The molecule has 1 aliphatic carbocycles. The molecule has 3 heteroatoms. The number of aryl methyl sites for hydroxylation is 2. The topological polar surface area (TPSA) is 39.9 Å². The Morgan fingerprint density at radius 2 is 1.95 bits per heavy atom. The first-order chi connectivity index (χ1) is 9.70. The molecule has 20 heavy (non-hydrogen) atoms. The number of hydrogen-bond acceptors (Lipinski definition) is 3. The number of nitrogens with zero attached hydrogens (tertiary/aromatic N) is 3. The Kier molecular flexibility index (Phi) is 3.65. The van der Waals surface area contributed by atoms with Crippen LogP contribution in [0.1, 0.15) is 55.5 Å². The second-order valence-corrected chi connectivity index (χ2v) is 6.30. The Morgan fingerprint density at radius 1 is 1.20 bits per heavy atom. The van der Waals surface area contributed by atoms with Crippen LogP contribution in [0.2, 0.25) is 0 Å². The summed E-state index contributed by atoms with van der Waals surface area (Å²) in [5, 5.41) is 9.50. The summed E-state index contributed by atoms with van der Waals surface area (Å²) in [5.41, 5.74) is 3.81. The lowest BCUT2D eigenvalue weighted by Crippen LogP contribution is -2.47. The van der Waals surface area contributed by atoms with Crippen molar-refractivity contribution in [1.82, 2.24) is 4.98 Å². The molecule has 0 radical (unpaired) electrons. The maximum atomic E-state index is 9.50. The molecule has 3 nitrogen and oxygen atoms in total. The van der Waals surface area contributed by atoms with Crippen molar-refractivity contribution < 1.29 is 0 Å². The molecule has 1 aromatic heterocycles. The van der Waals surface area contributed by atoms with Crippen molar-refractivity contribution >= 4 is 5.69 Å². The van der Waals surface area contributed by atoms with E-state index in [1.807, 2.05) is 13.8 Å². The van der Waals surface area contributed by atoms with Crippen LogP contribution in [-0.2, 0) is 0 Å². The third-order valence-electron chi connectivity index (χ3n) is 4.97. The highest BCUT2D eigenvalue weighted by Crippen LogP contribution is 2.39. The molecule has 3 rings (SSSR count). The maximum absolute atomic E-state index is 9.50. The van der Waals surface area contributed by atoms with E-state index in [1.165, 1.54) is 38.5 Å². The average Bonchev–Trinajstić information content (AvgIpc) is 2.46. The van der Waals surface area contributed by atoms with Gasteiger partial charge in [0.2, 0.25) is 0 Å². The summed E-state index contributed by atoms with van der Waals surface area (Å²) >= 11 is 0. The number of anilines is 1. The van der Waals surface area contributed by atoms with E-state index in [1.54, 1.807) is 0 Å². The lowest BCUT2D eigenvalue weighted by atomic mass is 9.78. The van der Waals surface area contributed by atoms with Gasteiger partial charge in [-0.1, -0.05) is 12.8 Å². The van der Waals surface area contributed by atoms with Crippen LogP contribution in [-0.4, -0.2) is 17.6 Å². The fourth-order valence-electron chi connectivity index (χ4n) is 4.10. The standard InChI is InChI=1S/C17H23N3/c1-12-10-17(15(11-18)13(2)19-12)20-9-5-7-14-6-3-4-8-16(14)20/h10,14,16H,3-9H2,1-2H3. The van der Waals surface area contributed by atoms with E-state index < -0.39 is 0 Å². The Bertz CT molecular complexity index is 542. The fraction of sp³-hybridized carbons (Fsp3) is 0.647. The molecular weight excluding hydrogens is 246 g/mol. The van der Waals surface area contributed by atoms with Crippen LogP contribution >= 0.6 is 0 Å². The minimum absolute atomic E-state index is 0.644. The first-order valence-corrected chi connectivity index (χ1v) is 7.85. The quantitative estimate of drug-likeness (QED) is 0.780. The molecular formula is C17H23N3. The van der Waals surface area contributed by atoms with E-state index >= 15 is 0 Å². The molecule has 0 aromatic carbocycles. The van der Waals surface area contributed by atoms with Crippen molar-refractivity contribution in [3.05, 3.63) is 23.0 Å². The molecule has 2 fully saturated rings. The van der Waals surface area contributed by atoms with Gasteiger partial charge in [0.15, 0.2) is 0 Å². The van der Waals surface area contributed by atoms with Crippen molar-refractivity contribution in [2.24, 2.45) is 5.92 Å². The van der Waals surface area contributed by atoms with Crippen LogP contribution in [0.3, 0.4) is 0 Å². The zero-order chi connectivity index (χ0) is 14.1. The zero-order valence-electron chi connectivity index (χ0n) is 12.5. The molecule has 2 aliphatic rings. The second kappa shape index (κ2) is 5.44. The molecule has 0 amide bonds. The van der Waals surface area contributed by atoms with Gasteiger partial charge in [-0.3, -0.25) is 4.98 Å². The van der Waals surface area contributed by atoms with Crippen LogP contribution in [0.25, 0.3) is 0 Å². The van der Waals surface area contributed by atoms with Crippen LogP contribution in [0.4, 0.5) is 5.69 Å². The minimum Gasteiger partial charge on any atom is -0.367 e. The van der Waals surface area contributed by atoms with Crippen molar-refractivity contribution in [2.75, 3.05) is 11.4 Å². The van der Waals surface area contributed by atoms with Crippen LogP contribution in [0, 0.1) is 31.1 Å². The van der Waals surface area contributed by atoms with Gasteiger partial charge in [0.05, 0.1) is 16.9 Å². The lowest BCUT2D eigenvalue weighted by Gasteiger charge is -2.45. The highest BCUT2D eigenvalue weighted by molar-refractivity contribution is 5.62. The SMILES string of the molecule is Cc1cc(N2CCCC3CCCCC32)c(C#N)c(C)n1. The predicted octanol–water partition coefficient (Wildman–Crippen LogP) is 3.73. The highest BCUT2D eigenvalue weighted by atomic mass is 15.2. The minimum atomic E-state index is 0.644. The molecule has 1 aliphatic heterocycles. The number of piperidine rings is 1. The molecule has 1 saturated carbocycles. The van der Waals surface area contributed by atoms with Gasteiger partial charge >= 0.3 is 0 Å². The first-order valence-electron chi connectivity index (χ1n) is 7.85. The second-order valence-electron chi connectivity index (χ2n) is 6.30. The lowest BCUT2D eigenvalue weighted by molar-refractivity contribution is 0.243. The zero-order valence-corrected chi connectivity index (χ0v) is 12.5. The Hall–Kier alpha value is -1.56. The molecule has 1 saturated heterocycles. The van der Waals surface area contributed by atoms with Crippen LogP contribution < -0.4 is 4.90 Å². The monoisotopic (exact) mass is 269 g/mol. The Labute approximate surface area is 121 Å². The summed E-state index contributed by atoms with van der Waals surface area (Å²) in [6, 6.07) is 5.14. The van der Waals surface area contributed by atoms with Gasteiger partial charge in [0.1, 0.15) is 6.07 Å². The summed E-state index contributed by atoms with van der Waals surface area (Å²) in [6.07, 6.45) is 8.00. The summed E-state index contributed by atoms with van der Waals surface area (Å²) in [5.74, 6) is 0.831. The third-order valence-corrected chi connectivity index (χ3v) is 4.97. The van der Waals surface area contributed by atoms with Gasteiger partial charge in [-0.2, -0.15) is 5.26 Å². The summed E-state index contributed by atoms with van der Waals surface area (Å²) in [7, 11) is 0. The number of pyridine rings is 1. The van der Waals surface area contributed by atoms with Crippen LogP contribution in [0.15, 0.2) is 6.07 Å². The van der Waals surface area contributed by atoms with E-state index in [0.29, 0.717) is 6.04 Å². The van der Waals surface area contributed by atoms with Gasteiger partial charge in [-0.05, 0) is 51.5 Å². The average molecular weight is 269 g/mol.